The van der Waals surface area contributed by atoms with Crippen LogP contribution in [0.2, 0.25) is 0 Å². The summed E-state index contributed by atoms with van der Waals surface area (Å²) in [5.41, 5.74) is 2.75. The minimum atomic E-state index is 0.441. The lowest BCUT2D eigenvalue weighted by Gasteiger charge is -2.38. The molecule has 0 aromatic heterocycles. The Morgan fingerprint density at radius 3 is 2.14 bits per heavy atom. The first kappa shape index (κ1) is 16.3. The predicted octanol–water partition coefficient (Wildman–Crippen LogP) is 3.28. The summed E-state index contributed by atoms with van der Waals surface area (Å²) in [7, 11) is 0. The van der Waals surface area contributed by atoms with E-state index in [2.05, 4.69) is 67.1 Å². The Balaban J connectivity index is 1.91. The van der Waals surface area contributed by atoms with Gasteiger partial charge in [0.15, 0.2) is 0 Å². The van der Waals surface area contributed by atoms with Crippen LogP contribution in [0, 0.1) is 0 Å². The summed E-state index contributed by atoms with van der Waals surface area (Å²) >= 11 is 0. The molecule has 3 heteroatoms. The molecule has 2 rings (SSSR count). The molecule has 1 heterocycles. The highest BCUT2D eigenvalue weighted by atomic mass is 15.3. The minimum absolute atomic E-state index is 0.441. The smallest absolute Gasteiger partial charge is 0.0367 e. The Labute approximate surface area is 130 Å². The standard InChI is InChI=1S/C18H31N3/c1-5-10-19-16(4)17-6-8-18(9-7-17)21-13-11-20(12-14-21)15(2)3/h6-9,15-16,19H,5,10-14H2,1-4H3. The van der Waals surface area contributed by atoms with Crippen LogP contribution in [-0.2, 0) is 0 Å². The van der Waals surface area contributed by atoms with Crippen molar-refractivity contribution in [1.82, 2.24) is 10.2 Å². The molecule has 3 nitrogen and oxygen atoms in total. The third-order valence-electron chi connectivity index (χ3n) is 4.50. The lowest BCUT2D eigenvalue weighted by atomic mass is 10.1. The summed E-state index contributed by atoms with van der Waals surface area (Å²) < 4.78 is 0. The Morgan fingerprint density at radius 2 is 1.62 bits per heavy atom. The first-order chi connectivity index (χ1) is 10.1. The van der Waals surface area contributed by atoms with Crippen LogP contribution in [0.1, 0.15) is 45.7 Å². The molecule has 1 atom stereocenters. The molecular weight excluding hydrogens is 258 g/mol. The number of nitrogens with one attached hydrogen (secondary N) is 1. The van der Waals surface area contributed by atoms with Gasteiger partial charge in [-0.05, 0) is 51.4 Å². The lowest BCUT2D eigenvalue weighted by Crippen LogP contribution is -2.48. The van der Waals surface area contributed by atoms with E-state index in [4.69, 9.17) is 0 Å². The van der Waals surface area contributed by atoms with Gasteiger partial charge in [-0.1, -0.05) is 19.1 Å². The van der Waals surface area contributed by atoms with Crippen molar-refractivity contribution < 1.29 is 0 Å². The average molecular weight is 289 g/mol. The fraction of sp³-hybridized carbons (Fsp3) is 0.667. The second-order valence-corrected chi connectivity index (χ2v) is 6.38. The van der Waals surface area contributed by atoms with Gasteiger partial charge in [0.1, 0.15) is 0 Å². The Morgan fingerprint density at radius 1 is 1.00 bits per heavy atom. The molecule has 0 spiro atoms. The Kier molecular flexibility index (Phi) is 6.07. The molecular formula is C18H31N3. The minimum Gasteiger partial charge on any atom is -0.369 e. The van der Waals surface area contributed by atoms with Crippen LogP contribution in [0.4, 0.5) is 5.69 Å². The van der Waals surface area contributed by atoms with E-state index in [0.717, 1.165) is 19.6 Å². The molecule has 1 aliphatic rings. The fourth-order valence-corrected chi connectivity index (χ4v) is 2.95. The number of anilines is 1. The van der Waals surface area contributed by atoms with Gasteiger partial charge >= 0.3 is 0 Å². The Hall–Kier alpha value is -1.06. The highest BCUT2D eigenvalue weighted by Gasteiger charge is 2.18. The maximum absolute atomic E-state index is 3.55. The molecule has 0 radical (unpaired) electrons. The van der Waals surface area contributed by atoms with Crippen molar-refractivity contribution in [2.45, 2.75) is 46.2 Å². The predicted molar refractivity (Wildman–Crippen MR) is 92.1 cm³/mol. The van der Waals surface area contributed by atoms with Gasteiger partial charge in [0.2, 0.25) is 0 Å². The number of rotatable bonds is 6. The van der Waals surface area contributed by atoms with Crippen LogP contribution in [0.15, 0.2) is 24.3 Å². The van der Waals surface area contributed by atoms with E-state index in [1.165, 1.54) is 30.8 Å². The monoisotopic (exact) mass is 289 g/mol. The zero-order valence-corrected chi connectivity index (χ0v) is 14.1. The summed E-state index contributed by atoms with van der Waals surface area (Å²) in [5.74, 6) is 0. The van der Waals surface area contributed by atoms with Crippen molar-refractivity contribution >= 4 is 5.69 Å². The van der Waals surface area contributed by atoms with E-state index in [1.54, 1.807) is 0 Å². The van der Waals surface area contributed by atoms with E-state index < -0.39 is 0 Å². The van der Waals surface area contributed by atoms with Crippen LogP contribution in [0.25, 0.3) is 0 Å². The molecule has 1 aromatic carbocycles. The van der Waals surface area contributed by atoms with Crippen molar-refractivity contribution in [2.75, 3.05) is 37.6 Å². The first-order valence-corrected chi connectivity index (χ1v) is 8.44. The van der Waals surface area contributed by atoms with Gasteiger partial charge in [0.05, 0.1) is 0 Å². The Bertz CT molecular complexity index is 405. The zero-order chi connectivity index (χ0) is 15.2. The SMILES string of the molecule is CCCNC(C)c1ccc(N2CCN(C(C)C)CC2)cc1. The van der Waals surface area contributed by atoms with Crippen molar-refractivity contribution in [1.29, 1.82) is 0 Å². The van der Waals surface area contributed by atoms with E-state index >= 15 is 0 Å². The molecule has 21 heavy (non-hydrogen) atoms. The number of piperazine rings is 1. The van der Waals surface area contributed by atoms with Crippen molar-refractivity contribution in [3.05, 3.63) is 29.8 Å². The summed E-state index contributed by atoms with van der Waals surface area (Å²) in [6.45, 7) is 14.7. The van der Waals surface area contributed by atoms with E-state index in [0.29, 0.717) is 12.1 Å². The maximum atomic E-state index is 3.55. The van der Waals surface area contributed by atoms with Crippen LogP contribution in [0.5, 0.6) is 0 Å². The number of benzene rings is 1. The van der Waals surface area contributed by atoms with E-state index in [-0.39, 0.29) is 0 Å². The van der Waals surface area contributed by atoms with E-state index in [1.807, 2.05) is 0 Å². The van der Waals surface area contributed by atoms with Crippen molar-refractivity contribution in [2.24, 2.45) is 0 Å². The van der Waals surface area contributed by atoms with Crippen molar-refractivity contribution in [3.8, 4) is 0 Å². The normalized spacial score (nSPS) is 18.2. The third kappa shape index (κ3) is 4.45. The van der Waals surface area contributed by atoms with Gasteiger partial charge in [0.25, 0.3) is 0 Å². The zero-order valence-electron chi connectivity index (χ0n) is 14.1. The third-order valence-corrected chi connectivity index (χ3v) is 4.50. The van der Waals surface area contributed by atoms with E-state index in [9.17, 15) is 0 Å². The molecule has 1 N–H and O–H groups in total. The maximum Gasteiger partial charge on any atom is 0.0367 e. The molecule has 1 saturated heterocycles. The topological polar surface area (TPSA) is 18.5 Å². The number of hydrogen-bond acceptors (Lipinski definition) is 3. The second kappa shape index (κ2) is 7.81. The van der Waals surface area contributed by atoms with Gasteiger partial charge < -0.3 is 10.2 Å². The number of hydrogen-bond donors (Lipinski definition) is 1. The average Bonchev–Trinajstić information content (AvgIpc) is 2.53. The highest BCUT2D eigenvalue weighted by Crippen LogP contribution is 2.21. The molecule has 1 aliphatic heterocycles. The second-order valence-electron chi connectivity index (χ2n) is 6.38. The molecule has 0 saturated carbocycles. The van der Waals surface area contributed by atoms with Gasteiger partial charge in [0, 0.05) is 44.0 Å². The van der Waals surface area contributed by atoms with Crippen LogP contribution >= 0.6 is 0 Å². The largest absolute Gasteiger partial charge is 0.369 e. The van der Waals surface area contributed by atoms with Gasteiger partial charge in [-0.2, -0.15) is 0 Å². The summed E-state index contributed by atoms with van der Waals surface area (Å²) in [5, 5.41) is 3.55. The van der Waals surface area contributed by atoms with Crippen LogP contribution in [0.3, 0.4) is 0 Å². The molecule has 118 valence electrons. The molecule has 1 aromatic rings. The lowest BCUT2D eigenvalue weighted by molar-refractivity contribution is 0.209. The van der Waals surface area contributed by atoms with Crippen LogP contribution < -0.4 is 10.2 Å². The molecule has 0 amide bonds. The highest BCUT2D eigenvalue weighted by molar-refractivity contribution is 5.48. The molecule has 0 bridgehead atoms. The van der Waals surface area contributed by atoms with Crippen molar-refractivity contribution in [3.63, 3.8) is 0 Å². The fourth-order valence-electron chi connectivity index (χ4n) is 2.95. The summed E-state index contributed by atoms with van der Waals surface area (Å²) in [4.78, 5) is 5.06. The summed E-state index contributed by atoms with van der Waals surface area (Å²) in [6.07, 6.45) is 1.18. The quantitative estimate of drug-likeness (QED) is 0.867. The van der Waals surface area contributed by atoms with Gasteiger partial charge in [-0.3, -0.25) is 4.90 Å². The molecule has 1 unspecified atom stereocenters. The van der Waals surface area contributed by atoms with Crippen LogP contribution in [-0.4, -0.2) is 43.7 Å². The van der Waals surface area contributed by atoms with Gasteiger partial charge in [-0.25, -0.2) is 0 Å². The summed E-state index contributed by atoms with van der Waals surface area (Å²) in [6, 6.07) is 10.2. The molecule has 0 aliphatic carbocycles. The first-order valence-electron chi connectivity index (χ1n) is 8.44. The van der Waals surface area contributed by atoms with Gasteiger partial charge in [-0.15, -0.1) is 0 Å². The number of nitrogens with zero attached hydrogens (tertiary/aromatic N) is 2. The molecule has 1 fully saturated rings.